The molecular formula is C21H25N3O5S2. The maximum atomic E-state index is 12.4. The van der Waals surface area contributed by atoms with Crippen molar-refractivity contribution in [3.8, 4) is 18.1 Å². The van der Waals surface area contributed by atoms with E-state index in [4.69, 9.17) is 11.2 Å². The molecule has 1 aliphatic rings. The van der Waals surface area contributed by atoms with Gasteiger partial charge in [-0.05, 0) is 44.4 Å². The number of hydrogen-bond donors (Lipinski definition) is 0. The molecule has 1 fully saturated rings. The van der Waals surface area contributed by atoms with Crippen molar-refractivity contribution in [3.63, 3.8) is 0 Å². The molecule has 0 saturated carbocycles. The first-order valence-corrected chi connectivity index (χ1v) is 12.7. The topological polar surface area (TPSA) is 98.0 Å². The molecule has 1 aromatic carbocycles. The number of carbonyl (C=O) groups is 2. The average Bonchev–Trinajstić information content (AvgIpc) is 3.04. The number of rotatable bonds is 7. The van der Waals surface area contributed by atoms with E-state index >= 15 is 0 Å². The van der Waals surface area contributed by atoms with E-state index in [0.29, 0.717) is 30.2 Å². The maximum absolute atomic E-state index is 12.4. The van der Waals surface area contributed by atoms with Crippen LogP contribution in [0.15, 0.2) is 23.2 Å². The smallest absolute Gasteiger partial charge is 0.263 e. The van der Waals surface area contributed by atoms with Crippen molar-refractivity contribution in [2.24, 2.45) is 4.99 Å². The van der Waals surface area contributed by atoms with Gasteiger partial charge in [0.1, 0.15) is 17.3 Å². The standard InChI is InChI=1S/C21H25N3O5S2/c1-3-10-24-17-9-8-16(29-4-2)13-18(17)30-21(24)22-19(25)14-31(27,28)15-20(26)23-11-6-5-7-12-23/h1,8-9,13H,4-7,10-12,14-15H2,2H3. The van der Waals surface area contributed by atoms with E-state index in [2.05, 4.69) is 10.9 Å². The van der Waals surface area contributed by atoms with Crippen LogP contribution in [0.3, 0.4) is 0 Å². The summed E-state index contributed by atoms with van der Waals surface area (Å²) in [6.07, 6.45) is 8.23. The van der Waals surface area contributed by atoms with Gasteiger partial charge >= 0.3 is 0 Å². The number of thiazole rings is 1. The summed E-state index contributed by atoms with van der Waals surface area (Å²) in [5.41, 5.74) is 0.779. The van der Waals surface area contributed by atoms with Crippen molar-refractivity contribution < 1.29 is 22.7 Å². The number of aromatic nitrogens is 1. The molecule has 1 aromatic heterocycles. The lowest BCUT2D eigenvalue weighted by atomic mass is 10.1. The summed E-state index contributed by atoms with van der Waals surface area (Å²) in [7, 11) is -3.92. The zero-order chi connectivity index (χ0) is 22.4. The quantitative estimate of drug-likeness (QED) is 0.581. The first-order chi connectivity index (χ1) is 14.8. The van der Waals surface area contributed by atoms with Crippen LogP contribution >= 0.6 is 11.3 Å². The first-order valence-electron chi connectivity index (χ1n) is 10.1. The van der Waals surface area contributed by atoms with E-state index in [1.54, 1.807) is 15.5 Å². The molecule has 0 atom stereocenters. The first kappa shape index (κ1) is 23.0. The fourth-order valence-corrected chi connectivity index (χ4v) is 5.62. The summed E-state index contributed by atoms with van der Waals surface area (Å²) in [6.45, 7) is 3.70. The predicted molar refractivity (Wildman–Crippen MR) is 119 cm³/mol. The number of hydrogen-bond acceptors (Lipinski definition) is 6. The molecule has 10 heteroatoms. The summed E-state index contributed by atoms with van der Waals surface area (Å²) >= 11 is 1.22. The lowest BCUT2D eigenvalue weighted by molar-refractivity contribution is -0.129. The number of piperidine rings is 1. The summed E-state index contributed by atoms with van der Waals surface area (Å²) < 4.78 is 32.8. The third-order valence-electron chi connectivity index (χ3n) is 4.83. The third-order valence-corrected chi connectivity index (χ3v) is 7.25. The van der Waals surface area contributed by atoms with Gasteiger partial charge < -0.3 is 14.2 Å². The van der Waals surface area contributed by atoms with Crippen molar-refractivity contribution in [3.05, 3.63) is 23.0 Å². The van der Waals surface area contributed by atoms with Gasteiger partial charge in [-0.25, -0.2) is 8.42 Å². The zero-order valence-electron chi connectivity index (χ0n) is 17.4. The number of fused-ring (bicyclic) bond motifs is 1. The van der Waals surface area contributed by atoms with Crippen LogP contribution in [0.4, 0.5) is 0 Å². The predicted octanol–water partition coefficient (Wildman–Crippen LogP) is 1.59. The minimum atomic E-state index is -3.92. The third kappa shape index (κ3) is 5.95. The summed E-state index contributed by atoms with van der Waals surface area (Å²) in [5, 5.41) is 0. The number of carbonyl (C=O) groups excluding carboxylic acids is 2. The second-order valence-corrected chi connectivity index (χ2v) is 10.3. The second-order valence-electron chi connectivity index (χ2n) is 7.22. The van der Waals surface area contributed by atoms with Crippen LogP contribution < -0.4 is 9.54 Å². The molecule has 166 valence electrons. The van der Waals surface area contributed by atoms with Gasteiger partial charge in [-0.3, -0.25) is 9.59 Å². The van der Waals surface area contributed by atoms with E-state index in [9.17, 15) is 18.0 Å². The molecule has 1 saturated heterocycles. The SMILES string of the molecule is C#CCn1c(=NC(=O)CS(=O)(=O)CC(=O)N2CCCCC2)sc2cc(OCC)ccc21. The van der Waals surface area contributed by atoms with Crippen LogP contribution in [0.1, 0.15) is 26.2 Å². The molecule has 0 unspecified atom stereocenters. The summed E-state index contributed by atoms with van der Waals surface area (Å²) in [4.78, 5) is 30.6. The Morgan fingerprint density at radius 2 is 1.97 bits per heavy atom. The highest BCUT2D eigenvalue weighted by atomic mass is 32.2. The molecule has 2 amide bonds. The number of benzene rings is 1. The Bertz CT molecular complexity index is 1180. The van der Waals surface area contributed by atoms with E-state index in [-0.39, 0.29) is 6.54 Å². The Kier molecular flexibility index (Phi) is 7.51. The zero-order valence-corrected chi connectivity index (χ0v) is 19.0. The Balaban J connectivity index is 1.81. The molecule has 2 aromatic rings. The van der Waals surface area contributed by atoms with E-state index in [0.717, 1.165) is 29.5 Å². The molecule has 8 nitrogen and oxygen atoms in total. The van der Waals surface area contributed by atoms with Crippen LogP contribution in [0, 0.1) is 12.3 Å². The number of ether oxygens (including phenoxy) is 1. The lowest BCUT2D eigenvalue weighted by Crippen LogP contribution is -2.40. The Morgan fingerprint density at radius 1 is 1.23 bits per heavy atom. The monoisotopic (exact) mass is 463 g/mol. The Labute approximate surface area is 185 Å². The number of likely N-dealkylation sites (tertiary alicyclic amines) is 1. The van der Waals surface area contributed by atoms with Crippen LogP contribution in [0.2, 0.25) is 0 Å². The van der Waals surface area contributed by atoms with Crippen LogP contribution in [0.5, 0.6) is 5.75 Å². The molecule has 0 N–H and O–H groups in total. The molecule has 0 bridgehead atoms. The number of terminal acetylenes is 1. The summed E-state index contributed by atoms with van der Waals surface area (Å²) in [6, 6.07) is 5.45. The fourth-order valence-electron chi connectivity index (χ4n) is 3.44. The van der Waals surface area contributed by atoms with Crippen molar-refractivity contribution in [2.75, 3.05) is 31.2 Å². The molecule has 0 spiro atoms. The molecule has 3 rings (SSSR count). The minimum Gasteiger partial charge on any atom is -0.494 e. The van der Waals surface area contributed by atoms with Crippen LogP contribution in [-0.4, -0.2) is 60.9 Å². The van der Waals surface area contributed by atoms with Gasteiger partial charge in [0.25, 0.3) is 5.91 Å². The Morgan fingerprint density at radius 3 is 2.65 bits per heavy atom. The van der Waals surface area contributed by atoms with Crippen LogP contribution in [-0.2, 0) is 26.0 Å². The number of amides is 2. The number of nitrogens with zero attached hydrogens (tertiary/aromatic N) is 3. The molecule has 31 heavy (non-hydrogen) atoms. The van der Waals surface area contributed by atoms with Gasteiger partial charge in [0, 0.05) is 13.1 Å². The minimum absolute atomic E-state index is 0.181. The second kappa shape index (κ2) is 10.1. The normalized spacial score (nSPS) is 15.1. The van der Waals surface area contributed by atoms with Crippen molar-refractivity contribution in [1.82, 2.24) is 9.47 Å². The van der Waals surface area contributed by atoms with Gasteiger partial charge in [-0.1, -0.05) is 17.3 Å². The molecule has 2 heterocycles. The molecular weight excluding hydrogens is 438 g/mol. The lowest BCUT2D eigenvalue weighted by Gasteiger charge is -2.26. The van der Waals surface area contributed by atoms with Gasteiger partial charge in [-0.15, -0.1) is 6.42 Å². The molecule has 0 radical (unpaired) electrons. The molecule has 1 aliphatic heterocycles. The highest BCUT2D eigenvalue weighted by Gasteiger charge is 2.25. The van der Waals surface area contributed by atoms with Crippen molar-refractivity contribution in [1.29, 1.82) is 0 Å². The van der Waals surface area contributed by atoms with E-state index in [1.807, 2.05) is 19.1 Å². The van der Waals surface area contributed by atoms with E-state index in [1.165, 1.54) is 11.3 Å². The van der Waals surface area contributed by atoms with Gasteiger partial charge in [0.2, 0.25) is 5.91 Å². The molecule has 0 aliphatic carbocycles. The van der Waals surface area contributed by atoms with Gasteiger partial charge in [0.15, 0.2) is 14.6 Å². The average molecular weight is 464 g/mol. The fraction of sp³-hybridized carbons (Fsp3) is 0.476. The highest BCUT2D eigenvalue weighted by Crippen LogP contribution is 2.23. The van der Waals surface area contributed by atoms with Crippen molar-refractivity contribution in [2.45, 2.75) is 32.7 Å². The summed E-state index contributed by atoms with van der Waals surface area (Å²) in [5.74, 6) is 0.427. The highest BCUT2D eigenvalue weighted by molar-refractivity contribution is 7.92. The number of sulfone groups is 1. The van der Waals surface area contributed by atoms with Gasteiger partial charge in [-0.2, -0.15) is 4.99 Å². The Hall–Kier alpha value is -2.64. The van der Waals surface area contributed by atoms with Crippen LogP contribution in [0.25, 0.3) is 10.2 Å². The van der Waals surface area contributed by atoms with E-state index < -0.39 is 33.2 Å². The van der Waals surface area contributed by atoms with Crippen molar-refractivity contribution >= 4 is 43.2 Å². The largest absolute Gasteiger partial charge is 0.494 e. The van der Waals surface area contributed by atoms with Gasteiger partial charge in [0.05, 0.1) is 23.4 Å². The maximum Gasteiger partial charge on any atom is 0.263 e.